The topological polar surface area (TPSA) is 72.1 Å². The van der Waals surface area contributed by atoms with Gasteiger partial charge in [-0.1, -0.05) is 60.7 Å². The minimum atomic E-state index is -0.331. The van der Waals surface area contributed by atoms with Crippen molar-refractivity contribution in [1.29, 1.82) is 0 Å². The third-order valence-corrected chi connectivity index (χ3v) is 4.50. The van der Waals surface area contributed by atoms with Gasteiger partial charge in [0.15, 0.2) is 0 Å². The molecule has 1 aliphatic heterocycles. The predicted molar refractivity (Wildman–Crippen MR) is 95.4 cm³/mol. The zero-order chi connectivity index (χ0) is 17.2. The highest BCUT2D eigenvalue weighted by atomic mass is 16.2. The van der Waals surface area contributed by atoms with Crippen molar-refractivity contribution in [2.45, 2.75) is 19.0 Å². The molecule has 0 saturated heterocycles. The van der Waals surface area contributed by atoms with Crippen molar-refractivity contribution in [3.05, 3.63) is 89.2 Å². The predicted octanol–water partition coefficient (Wildman–Crippen LogP) is 2.73. The Morgan fingerprint density at radius 3 is 2.16 bits per heavy atom. The maximum Gasteiger partial charge on any atom is 0.235 e. The van der Waals surface area contributed by atoms with Gasteiger partial charge in [-0.2, -0.15) is 0 Å². The quantitative estimate of drug-likeness (QED) is 0.801. The summed E-state index contributed by atoms with van der Waals surface area (Å²) in [5.74, 6) is -0.0216. The number of anilines is 1. The number of hydrogen-bond donors (Lipinski definition) is 1. The number of aromatic nitrogens is 2. The molecular weight excluding hydrogens is 312 g/mol. The second-order valence-electron chi connectivity index (χ2n) is 6.15. The number of benzene rings is 2. The van der Waals surface area contributed by atoms with Crippen molar-refractivity contribution in [1.82, 2.24) is 14.9 Å². The van der Waals surface area contributed by atoms with Crippen LogP contribution >= 0.6 is 0 Å². The summed E-state index contributed by atoms with van der Waals surface area (Å²) in [6, 6.07) is 19.8. The first-order valence-corrected chi connectivity index (χ1v) is 8.21. The number of carbonyl (C=O) groups excluding carboxylic acids is 1. The fourth-order valence-corrected chi connectivity index (χ4v) is 3.28. The van der Waals surface area contributed by atoms with Crippen LogP contribution in [0, 0.1) is 0 Å². The molecule has 2 aromatic carbocycles. The minimum absolute atomic E-state index is 0.0639. The Balaban J connectivity index is 1.68. The summed E-state index contributed by atoms with van der Waals surface area (Å²) in [7, 11) is 0. The fourth-order valence-electron chi connectivity index (χ4n) is 3.28. The van der Waals surface area contributed by atoms with Crippen LogP contribution in [-0.4, -0.2) is 20.8 Å². The van der Waals surface area contributed by atoms with E-state index in [0.717, 1.165) is 22.4 Å². The van der Waals surface area contributed by atoms with E-state index in [1.54, 1.807) is 6.20 Å². The van der Waals surface area contributed by atoms with Crippen LogP contribution < -0.4 is 5.73 Å². The molecule has 0 unspecified atom stereocenters. The monoisotopic (exact) mass is 330 g/mol. The van der Waals surface area contributed by atoms with E-state index in [9.17, 15) is 4.79 Å². The highest BCUT2D eigenvalue weighted by Crippen LogP contribution is 2.30. The molecule has 1 aromatic heterocycles. The normalized spacial score (nSPS) is 13.1. The number of fused-ring (bicyclic) bond motifs is 1. The Morgan fingerprint density at radius 1 is 0.960 bits per heavy atom. The lowest BCUT2D eigenvalue weighted by atomic mass is 9.90. The second-order valence-corrected chi connectivity index (χ2v) is 6.15. The van der Waals surface area contributed by atoms with E-state index in [1.165, 1.54) is 0 Å². The van der Waals surface area contributed by atoms with Gasteiger partial charge in [-0.25, -0.2) is 9.97 Å². The van der Waals surface area contributed by atoms with Crippen molar-refractivity contribution in [2.75, 3.05) is 5.73 Å². The molecule has 25 heavy (non-hydrogen) atoms. The molecule has 5 nitrogen and oxygen atoms in total. The van der Waals surface area contributed by atoms with Crippen LogP contribution in [0.15, 0.2) is 66.9 Å². The summed E-state index contributed by atoms with van der Waals surface area (Å²) >= 11 is 0. The number of nitrogens with zero attached hydrogens (tertiary/aromatic N) is 3. The van der Waals surface area contributed by atoms with E-state index in [-0.39, 0.29) is 17.8 Å². The number of amides is 1. The van der Waals surface area contributed by atoms with Crippen molar-refractivity contribution < 1.29 is 4.79 Å². The van der Waals surface area contributed by atoms with E-state index in [0.29, 0.717) is 13.1 Å². The molecule has 2 N–H and O–H groups in total. The van der Waals surface area contributed by atoms with Crippen molar-refractivity contribution in [2.24, 2.45) is 0 Å². The first-order chi connectivity index (χ1) is 12.2. The lowest BCUT2D eigenvalue weighted by molar-refractivity contribution is -0.132. The van der Waals surface area contributed by atoms with E-state index in [1.807, 2.05) is 65.6 Å². The van der Waals surface area contributed by atoms with Gasteiger partial charge in [-0.15, -0.1) is 0 Å². The van der Waals surface area contributed by atoms with Gasteiger partial charge in [0.25, 0.3) is 0 Å². The van der Waals surface area contributed by atoms with Gasteiger partial charge >= 0.3 is 0 Å². The molecule has 0 saturated carbocycles. The molecule has 5 heteroatoms. The smallest absolute Gasteiger partial charge is 0.235 e. The van der Waals surface area contributed by atoms with Crippen LogP contribution in [0.2, 0.25) is 0 Å². The molecule has 124 valence electrons. The zero-order valence-corrected chi connectivity index (χ0v) is 13.7. The van der Waals surface area contributed by atoms with Gasteiger partial charge < -0.3 is 10.6 Å². The van der Waals surface area contributed by atoms with Crippen LogP contribution in [0.5, 0.6) is 0 Å². The van der Waals surface area contributed by atoms with Crippen LogP contribution in [0.1, 0.15) is 28.3 Å². The van der Waals surface area contributed by atoms with Crippen LogP contribution in [0.25, 0.3) is 0 Å². The molecule has 0 fully saturated rings. The first-order valence-electron chi connectivity index (χ1n) is 8.21. The average Bonchev–Trinajstić information content (AvgIpc) is 3.07. The van der Waals surface area contributed by atoms with Gasteiger partial charge in [0.2, 0.25) is 11.9 Å². The third kappa shape index (κ3) is 2.96. The summed E-state index contributed by atoms with van der Waals surface area (Å²) in [6.07, 6.45) is 1.71. The number of carbonyl (C=O) groups is 1. The van der Waals surface area contributed by atoms with Crippen LogP contribution in [0.3, 0.4) is 0 Å². The summed E-state index contributed by atoms with van der Waals surface area (Å²) in [5, 5.41) is 0. The van der Waals surface area contributed by atoms with Crippen molar-refractivity contribution in [3.8, 4) is 0 Å². The van der Waals surface area contributed by atoms with E-state index in [2.05, 4.69) is 9.97 Å². The Hall–Kier alpha value is -3.21. The van der Waals surface area contributed by atoms with Crippen molar-refractivity contribution >= 4 is 11.9 Å². The summed E-state index contributed by atoms with van der Waals surface area (Å²) in [4.78, 5) is 23.5. The van der Waals surface area contributed by atoms with Crippen molar-refractivity contribution in [3.63, 3.8) is 0 Å². The lowest BCUT2D eigenvalue weighted by Crippen LogP contribution is -2.31. The summed E-state index contributed by atoms with van der Waals surface area (Å²) in [6.45, 7) is 0.988. The number of rotatable bonds is 3. The molecule has 0 bridgehead atoms. The fraction of sp³-hybridized carbons (Fsp3) is 0.150. The highest BCUT2D eigenvalue weighted by molar-refractivity contribution is 5.87. The zero-order valence-electron chi connectivity index (χ0n) is 13.7. The van der Waals surface area contributed by atoms with Gasteiger partial charge in [0.1, 0.15) is 0 Å². The maximum atomic E-state index is 13.3. The standard InChI is InChI=1S/C20H18N4O/c21-20-22-11-16-12-24(13-17(16)23-20)19(25)18(14-7-3-1-4-8-14)15-9-5-2-6-10-15/h1-11,18H,12-13H2,(H2,21,22,23). The van der Waals surface area contributed by atoms with Crippen LogP contribution in [0.4, 0.5) is 5.95 Å². The van der Waals surface area contributed by atoms with Gasteiger partial charge in [-0.3, -0.25) is 4.79 Å². The average molecular weight is 330 g/mol. The molecule has 0 radical (unpaired) electrons. The highest BCUT2D eigenvalue weighted by Gasteiger charge is 2.32. The SMILES string of the molecule is Nc1ncc2c(n1)CN(C(=O)C(c1ccccc1)c1ccccc1)C2. The Bertz CT molecular complexity index is 857. The first kappa shape index (κ1) is 15.3. The third-order valence-electron chi connectivity index (χ3n) is 4.50. The molecule has 0 atom stereocenters. The number of nitrogens with two attached hydrogens (primary N) is 1. The second kappa shape index (κ2) is 6.36. The molecule has 3 aromatic rings. The largest absolute Gasteiger partial charge is 0.368 e. The van der Waals surface area contributed by atoms with E-state index in [4.69, 9.17) is 5.73 Å². The Labute approximate surface area is 146 Å². The number of nitrogen functional groups attached to an aromatic ring is 1. The van der Waals surface area contributed by atoms with Gasteiger partial charge in [0.05, 0.1) is 18.2 Å². The molecule has 1 amide bonds. The Kier molecular flexibility index (Phi) is 3.90. The van der Waals surface area contributed by atoms with Gasteiger partial charge in [0, 0.05) is 18.3 Å². The molecular formula is C20H18N4O. The van der Waals surface area contributed by atoms with E-state index < -0.39 is 0 Å². The van der Waals surface area contributed by atoms with E-state index >= 15 is 0 Å². The number of hydrogen-bond acceptors (Lipinski definition) is 4. The molecule has 0 aliphatic carbocycles. The maximum absolute atomic E-state index is 13.3. The lowest BCUT2D eigenvalue weighted by Gasteiger charge is -2.24. The van der Waals surface area contributed by atoms with Gasteiger partial charge in [-0.05, 0) is 11.1 Å². The summed E-state index contributed by atoms with van der Waals surface area (Å²) < 4.78 is 0. The molecule has 0 spiro atoms. The summed E-state index contributed by atoms with van der Waals surface area (Å²) in [5.41, 5.74) is 9.44. The Morgan fingerprint density at radius 2 is 1.56 bits per heavy atom. The molecule has 2 heterocycles. The molecule has 1 aliphatic rings. The minimum Gasteiger partial charge on any atom is -0.368 e. The van der Waals surface area contributed by atoms with Crippen LogP contribution in [-0.2, 0) is 17.9 Å². The molecule has 4 rings (SSSR count).